The van der Waals surface area contributed by atoms with Gasteiger partial charge in [-0.3, -0.25) is 4.79 Å². The Morgan fingerprint density at radius 3 is 2.22 bits per heavy atom. The van der Waals surface area contributed by atoms with Crippen LogP contribution in [-0.4, -0.2) is 53.1 Å². The summed E-state index contributed by atoms with van der Waals surface area (Å²) in [5, 5.41) is 3.34. The summed E-state index contributed by atoms with van der Waals surface area (Å²) in [6.07, 6.45) is 0. The number of esters is 1. The molecule has 3 aromatic rings. The van der Waals surface area contributed by atoms with Gasteiger partial charge in [0, 0.05) is 31.9 Å². The van der Waals surface area contributed by atoms with Crippen molar-refractivity contribution in [3.05, 3.63) is 53.6 Å². The molecule has 0 aliphatic rings. The molecule has 0 saturated carbocycles. The van der Waals surface area contributed by atoms with Crippen molar-refractivity contribution < 1.29 is 14.3 Å². The number of carbonyl (C=O) groups is 2. The summed E-state index contributed by atoms with van der Waals surface area (Å²) in [5.41, 5.74) is 9.19. The van der Waals surface area contributed by atoms with Crippen LogP contribution in [0.25, 0.3) is 11.0 Å². The smallest absolute Gasteiger partial charge is 0.337 e. The van der Waals surface area contributed by atoms with Gasteiger partial charge >= 0.3 is 5.97 Å². The van der Waals surface area contributed by atoms with E-state index in [9.17, 15) is 9.59 Å². The Morgan fingerprint density at radius 1 is 1.05 bits per heavy atom. The van der Waals surface area contributed by atoms with Gasteiger partial charge in [-0.15, -0.1) is 0 Å². The Hall–Kier alpha value is -3.39. The maximum absolute atomic E-state index is 13.8. The van der Waals surface area contributed by atoms with Crippen LogP contribution in [-0.2, 0) is 21.5 Å². The van der Waals surface area contributed by atoms with Gasteiger partial charge in [0.15, 0.2) is 0 Å². The number of fused-ring (bicyclic) bond motifs is 1. The van der Waals surface area contributed by atoms with Gasteiger partial charge in [-0.05, 0) is 67.6 Å². The zero-order valence-electron chi connectivity index (χ0n) is 23.2. The van der Waals surface area contributed by atoms with E-state index in [1.807, 2.05) is 47.6 Å². The number of amides is 1. The molecule has 200 valence electrons. The monoisotopic (exact) mass is 507 g/mol. The number of anilines is 2. The van der Waals surface area contributed by atoms with Gasteiger partial charge in [0.25, 0.3) is 0 Å². The molecule has 1 heterocycles. The summed E-state index contributed by atoms with van der Waals surface area (Å²) in [5.74, 6) is 1.17. The molecule has 0 fully saturated rings. The molecule has 2 aromatic carbocycles. The fourth-order valence-electron chi connectivity index (χ4n) is 4.54. The molecule has 1 amide bonds. The van der Waals surface area contributed by atoms with Crippen molar-refractivity contribution >= 4 is 34.5 Å². The zero-order chi connectivity index (χ0) is 27.3. The second kappa shape index (κ2) is 11.8. The Balaban J connectivity index is 1.97. The molecule has 0 saturated heterocycles. The SMILES string of the molecule is COC(=O)c1ccc(Nc2nc3ccc(C(C)(C)C(=O)N(CC(C)C)CC(C)C)cc3n2CCN)cc1. The number of nitrogens with one attached hydrogen (secondary N) is 1. The standard InChI is InChI=1S/C29H41N5O3/c1-19(2)17-33(18-20(3)4)27(36)29(5,6)22-10-13-24-25(16-22)34(15-14-30)28(32-24)31-23-11-8-21(9-12-23)26(35)37-7/h8-13,16,19-20H,14-15,17-18,30H2,1-7H3,(H,31,32). The normalized spacial score (nSPS) is 11.8. The van der Waals surface area contributed by atoms with E-state index in [0.717, 1.165) is 35.4 Å². The van der Waals surface area contributed by atoms with Crippen molar-refractivity contribution in [2.75, 3.05) is 32.1 Å². The van der Waals surface area contributed by atoms with Crippen LogP contribution in [0.1, 0.15) is 57.5 Å². The average molecular weight is 508 g/mol. The molecule has 0 radical (unpaired) electrons. The lowest BCUT2D eigenvalue weighted by molar-refractivity contribution is -0.137. The number of aromatic nitrogens is 2. The van der Waals surface area contributed by atoms with Crippen molar-refractivity contribution in [1.29, 1.82) is 0 Å². The van der Waals surface area contributed by atoms with E-state index < -0.39 is 5.41 Å². The third-order valence-electron chi connectivity index (χ3n) is 6.38. The van der Waals surface area contributed by atoms with Crippen LogP contribution in [0, 0.1) is 11.8 Å². The number of benzene rings is 2. The van der Waals surface area contributed by atoms with Crippen LogP contribution in [0.3, 0.4) is 0 Å². The lowest BCUT2D eigenvalue weighted by Crippen LogP contribution is -2.46. The molecule has 0 bridgehead atoms. The van der Waals surface area contributed by atoms with Gasteiger partial charge in [0.1, 0.15) is 0 Å². The molecule has 0 unspecified atom stereocenters. The van der Waals surface area contributed by atoms with E-state index in [1.165, 1.54) is 7.11 Å². The quantitative estimate of drug-likeness (QED) is 0.356. The lowest BCUT2D eigenvalue weighted by Gasteiger charge is -2.34. The topological polar surface area (TPSA) is 102 Å². The van der Waals surface area contributed by atoms with Crippen molar-refractivity contribution in [3.63, 3.8) is 0 Å². The van der Waals surface area contributed by atoms with Crippen molar-refractivity contribution in [2.45, 2.75) is 53.5 Å². The number of hydrogen-bond acceptors (Lipinski definition) is 6. The van der Waals surface area contributed by atoms with E-state index in [-0.39, 0.29) is 11.9 Å². The molecule has 1 aromatic heterocycles. The number of rotatable bonds is 11. The molecule has 0 spiro atoms. The van der Waals surface area contributed by atoms with Crippen LogP contribution in [0.2, 0.25) is 0 Å². The second-order valence-electron chi connectivity index (χ2n) is 10.9. The molecule has 8 heteroatoms. The highest BCUT2D eigenvalue weighted by Gasteiger charge is 2.34. The minimum atomic E-state index is -0.701. The highest BCUT2D eigenvalue weighted by atomic mass is 16.5. The number of ether oxygens (including phenoxy) is 1. The first-order valence-corrected chi connectivity index (χ1v) is 12.9. The van der Waals surface area contributed by atoms with Gasteiger partial charge in [-0.25, -0.2) is 9.78 Å². The number of methoxy groups -OCH3 is 1. The van der Waals surface area contributed by atoms with Crippen LogP contribution in [0.4, 0.5) is 11.6 Å². The van der Waals surface area contributed by atoms with Gasteiger partial charge in [-0.2, -0.15) is 0 Å². The first kappa shape index (κ1) is 28.2. The first-order chi connectivity index (χ1) is 17.5. The summed E-state index contributed by atoms with van der Waals surface area (Å²) >= 11 is 0. The van der Waals surface area contributed by atoms with Crippen LogP contribution in [0.15, 0.2) is 42.5 Å². The van der Waals surface area contributed by atoms with E-state index in [1.54, 1.807) is 12.1 Å². The molecule has 3 N–H and O–H groups in total. The molecular formula is C29H41N5O3. The summed E-state index contributed by atoms with van der Waals surface area (Å²) in [7, 11) is 1.36. The fraction of sp³-hybridized carbons (Fsp3) is 0.483. The summed E-state index contributed by atoms with van der Waals surface area (Å²) in [6.45, 7) is 15.0. The Kier molecular flexibility index (Phi) is 8.97. The molecule has 0 atom stereocenters. The predicted octanol–water partition coefficient (Wildman–Crippen LogP) is 4.94. The van der Waals surface area contributed by atoms with Gasteiger partial charge in [0.05, 0.1) is 29.1 Å². The molecule has 8 nitrogen and oxygen atoms in total. The Morgan fingerprint density at radius 2 is 1.68 bits per heavy atom. The van der Waals surface area contributed by atoms with Crippen molar-refractivity contribution in [1.82, 2.24) is 14.5 Å². The van der Waals surface area contributed by atoms with Crippen LogP contribution >= 0.6 is 0 Å². The zero-order valence-corrected chi connectivity index (χ0v) is 23.2. The number of imidazole rings is 1. The minimum absolute atomic E-state index is 0.128. The summed E-state index contributed by atoms with van der Waals surface area (Å²) in [6, 6.07) is 13.1. The van der Waals surface area contributed by atoms with Crippen molar-refractivity contribution in [2.24, 2.45) is 17.6 Å². The lowest BCUT2D eigenvalue weighted by atomic mass is 9.82. The number of nitrogens with zero attached hydrogens (tertiary/aromatic N) is 3. The average Bonchev–Trinajstić information content (AvgIpc) is 3.18. The van der Waals surface area contributed by atoms with Gasteiger partial charge in [-0.1, -0.05) is 33.8 Å². The largest absolute Gasteiger partial charge is 0.465 e. The van der Waals surface area contributed by atoms with Crippen molar-refractivity contribution in [3.8, 4) is 0 Å². The number of carbonyl (C=O) groups excluding carboxylic acids is 2. The van der Waals surface area contributed by atoms with E-state index in [4.69, 9.17) is 15.5 Å². The van der Waals surface area contributed by atoms with E-state index in [2.05, 4.69) is 39.1 Å². The molecule has 0 aliphatic heterocycles. The van der Waals surface area contributed by atoms with E-state index >= 15 is 0 Å². The number of nitrogens with two attached hydrogens (primary N) is 1. The predicted molar refractivity (Wildman–Crippen MR) is 149 cm³/mol. The second-order valence-corrected chi connectivity index (χ2v) is 10.9. The fourth-order valence-corrected chi connectivity index (χ4v) is 4.54. The Labute approximate surface area is 220 Å². The van der Waals surface area contributed by atoms with Crippen LogP contribution < -0.4 is 11.1 Å². The minimum Gasteiger partial charge on any atom is -0.465 e. The van der Waals surface area contributed by atoms with Crippen LogP contribution in [0.5, 0.6) is 0 Å². The highest BCUT2D eigenvalue weighted by Crippen LogP contribution is 2.31. The number of hydrogen-bond donors (Lipinski definition) is 2. The molecule has 37 heavy (non-hydrogen) atoms. The maximum atomic E-state index is 13.8. The van der Waals surface area contributed by atoms with E-state index in [0.29, 0.717) is 36.4 Å². The Bertz CT molecular complexity index is 1220. The van der Waals surface area contributed by atoms with Gasteiger partial charge < -0.3 is 25.3 Å². The first-order valence-electron chi connectivity index (χ1n) is 12.9. The molecular weight excluding hydrogens is 466 g/mol. The summed E-state index contributed by atoms with van der Waals surface area (Å²) in [4.78, 5) is 32.3. The highest BCUT2D eigenvalue weighted by molar-refractivity contribution is 5.90. The molecule has 0 aliphatic carbocycles. The summed E-state index contributed by atoms with van der Waals surface area (Å²) < 4.78 is 6.81. The third-order valence-corrected chi connectivity index (χ3v) is 6.38. The maximum Gasteiger partial charge on any atom is 0.337 e. The molecule has 3 rings (SSSR count). The van der Waals surface area contributed by atoms with Gasteiger partial charge in [0.2, 0.25) is 11.9 Å². The third kappa shape index (κ3) is 6.49.